The Bertz CT molecular complexity index is 368. The molecule has 0 aliphatic heterocycles. The summed E-state index contributed by atoms with van der Waals surface area (Å²) < 4.78 is 3.75. The van der Waals surface area contributed by atoms with Crippen molar-refractivity contribution in [1.82, 2.24) is 14.6 Å². The first-order valence-electron chi connectivity index (χ1n) is 3.77. The lowest BCUT2D eigenvalue weighted by molar-refractivity contribution is 1.06. The van der Waals surface area contributed by atoms with Crippen LogP contribution < -0.4 is 5.32 Å². The second-order valence-corrected chi connectivity index (χ2v) is 4.34. The summed E-state index contributed by atoms with van der Waals surface area (Å²) >= 11 is 3.02. The molecule has 68 valence electrons. The fourth-order valence-electron chi connectivity index (χ4n) is 0.912. The number of rotatable bonds is 3. The van der Waals surface area contributed by atoms with Crippen molar-refractivity contribution in [2.24, 2.45) is 0 Å². The number of hydrogen-bond donors (Lipinski definition) is 1. The van der Waals surface area contributed by atoms with Crippen LogP contribution in [0.5, 0.6) is 0 Å². The molecule has 13 heavy (non-hydrogen) atoms. The number of aromatic nitrogens is 3. The molecule has 0 aliphatic carbocycles. The first kappa shape index (κ1) is 8.58. The Morgan fingerprint density at radius 3 is 3.08 bits per heavy atom. The van der Waals surface area contributed by atoms with Crippen LogP contribution >= 0.6 is 22.9 Å². The minimum Gasteiger partial charge on any atom is -0.369 e. The van der Waals surface area contributed by atoms with E-state index < -0.39 is 0 Å². The first-order valence-corrected chi connectivity index (χ1v) is 5.42. The van der Waals surface area contributed by atoms with E-state index in [1.54, 1.807) is 17.5 Å². The lowest BCUT2D eigenvalue weighted by Gasteiger charge is -1.96. The van der Waals surface area contributed by atoms with E-state index in [1.807, 2.05) is 6.92 Å². The van der Waals surface area contributed by atoms with Gasteiger partial charge in [-0.3, -0.25) is 0 Å². The molecule has 6 heteroatoms. The quantitative estimate of drug-likeness (QED) is 0.844. The third-order valence-corrected chi connectivity index (χ3v) is 2.92. The second-order valence-electron chi connectivity index (χ2n) is 2.49. The van der Waals surface area contributed by atoms with Crippen LogP contribution in [0.2, 0.25) is 0 Å². The van der Waals surface area contributed by atoms with Crippen LogP contribution in [-0.4, -0.2) is 14.6 Å². The highest BCUT2D eigenvalue weighted by Crippen LogP contribution is 2.13. The molecule has 0 aliphatic rings. The third kappa shape index (κ3) is 2.22. The molecule has 2 aromatic rings. The molecule has 0 saturated carbocycles. The predicted octanol–water partition coefficient (Wildman–Crippen LogP) is 1.92. The van der Waals surface area contributed by atoms with Gasteiger partial charge in [-0.05, 0) is 6.92 Å². The molecule has 0 amide bonds. The molecule has 2 rings (SSSR count). The molecule has 1 N–H and O–H groups in total. The highest BCUT2D eigenvalue weighted by molar-refractivity contribution is 7.10. The Morgan fingerprint density at radius 2 is 2.46 bits per heavy atom. The van der Waals surface area contributed by atoms with Crippen LogP contribution in [0.25, 0.3) is 0 Å². The van der Waals surface area contributed by atoms with E-state index in [0.717, 1.165) is 22.2 Å². The van der Waals surface area contributed by atoms with Gasteiger partial charge in [0.2, 0.25) is 0 Å². The summed E-state index contributed by atoms with van der Waals surface area (Å²) in [7, 11) is 0. The molecule has 0 bridgehead atoms. The minimum absolute atomic E-state index is 0.744. The van der Waals surface area contributed by atoms with Gasteiger partial charge in [0.25, 0.3) is 0 Å². The van der Waals surface area contributed by atoms with Gasteiger partial charge in [-0.2, -0.15) is 0 Å². The minimum atomic E-state index is 0.744. The lowest BCUT2D eigenvalue weighted by atomic mass is 10.5. The van der Waals surface area contributed by atoms with Crippen LogP contribution in [0.1, 0.15) is 10.7 Å². The summed E-state index contributed by atoms with van der Waals surface area (Å²) in [6.07, 6.45) is 1.71. The number of nitrogens with one attached hydrogen (secondary N) is 1. The smallest absolute Gasteiger partial charge is 0.130 e. The van der Waals surface area contributed by atoms with E-state index in [2.05, 4.69) is 25.3 Å². The van der Waals surface area contributed by atoms with Crippen LogP contribution in [-0.2, 0) is 6.54 Å². The highest BCUT2D eigenvalue weighted by atomic mass is 32.1. The van der Waals surface area contributed by atoms with E-state index in [1.165, 1.54) is 11.5 Å². The average Bonchev–Trinajstić information content (AvgIpc) is 2.71. The summed E-state index contributed by atoms with van der Waals surface area (Å²) in [5.41, 5.74) is 1.07. The Morgan fingerprint density at radius 1 is 1.54 bits per heavy atom. The van der Waals surface area contributed by atoms with Gasteiger partial charge in [-0.25, -0.2) is 4.98 Å². The van der Waals surface area contributed by atoms with Gasteiger partial charge in [-0.15, -0.1) is 16.4 Å². The fraction of sp³-hybridized carbons (Fsp3) is 0.286. The number of anilines is 1. The predicted molar refractivity (Wildman–Crippen MR) is 54.1 cm³/mol. The Hall–Kier alpha value is -1.01. The standard InChI is InChI=1S/C7H8N4S2/c1-5-10-6(4-12-5)2-8-7-3-9-11-13-7/h3-4,8H,2H2,1H3. The van der Waals surface area contributed by atoms with Gasteiger partial charge in [0.1, 0.15) is 5.00 Å². The maximum Gasteiger partial charge on any atom is 0.130 e. The van der Waals surface area contributed by atoms with E-state index in [9.17, 15) is 0 Å². The van der Waals surface area contributed by atoms with Gasteiger partial charge in [0.05, 0.1) is 23.4 Å². The summed E-state index contributed by atoms with van der Waals surface area (Å²) in [6, 6.07) is 0. The van der Waals surface area contributed by atoms with Gasteiger partial charge in [0.15, 0.2) is 0 Å². The van der Waals surface area contributed by atoms with E-state index in [0.29, 0.717) is 0 Å². The normalized spacial score (nSPS) is 10.2. The zero-order chi connectivity index (χ0) is 9.10. The van der Waals surface area contributed by atoms with Crippen LogP contribution in [0.15, 0.2) is 11.6 Å². The summed E-state index contributed by atoms with van der Waals surface area (Å²) in [5, 5.41) is 11.0. The van der Waals surface area contributed by atoms with E-state index in [-0.39, 0.29) is 0 Å². The number of hydrogen-bond acceptors (Lipinski definition) is 6. The van der Waals surface area contributed by atoms with Crippen LogP contribution in [0.3, 0.4) is 0 Å². The highest BCUT2D eigenvalue weighted by Gasteiger charge is 1.98. The molecular formula is C7H8N4S2. The Labute approximate surface area is 83.8 Å². The maximum atomic E-state index is 4.33. The number of thiazole rings is 1. The number of nitrogens with zero attached hydrogens (tertiary/aromatic N) is 3. The number of aryl methyl sites for hydroxylation is 1. The molecule has 0 unspecified atom stereocenters. The van der Waals surface area contributed by atoms with Crippen molar-refractivity contribution in [3.05, 3.63) is 22.3 Å². The maximum absolute atomic E-state index is 4.33. The van der Waals surface area contributed by atoms with E-state index in [4.69, 9.17) is 0 Å². The molecule has 4 nitrogen and oxygen atoms in total. The molecular weight excluding hydrogens is 204 g/mol. The molecule has 0 spiro atoms. The molecule has 0 saturated heterocycles. The van der Waals surface area contributed by atoms with Gasteiger partial charge >= 0.3 is 0 Å². The topological polar surface area (TPSA) is 50.7 Å². The van der Waals surface area contributed by atoms with Crippen molar-refractivity contribution >= 4 is 27.9 Å². The van der Waals surface area contributed by atoms with Crippen LogP contribution in [0, 0.1) is 6.92 Å². The van der Waals surface area contributed by atoms with Crippen molar-refractivity contribution < 1.29 is 0 Å². The monoisotopic (exact) mass is 212 g/mol. The molecule has 0 atom stereocenters. The molecule has 2 heterocycles. The average molecular weight is 212 g/mol. The molecule has 0 radical (unpaired) electrons. The lowest BCUT2D eigenvalue weighted by Crippen LogP contribution is -1.97. The Kier molecular flexibility index (Phi) is 2.51. The molecule has 0 aromatic carbocycles. The zero-order valence-corrected chi connectivity index (χ0v) is 8.65. The molecule has 0 fully saturated rings. The zero-order valence-electron chi connectivity index (χ0n) is 7.02. The van der Waals surface area contributed by atoms with Crippen molar-refractivity contribution in [1.29, 1.82) is 0 Å². The fourth-order valence-corrected chi connectivity index (χ4v) is 1.94. The van der Waals surface area contributed by atoms with Gasteiger partial charge in [0, 0.05) is 16.9 Å². The van der Waals surface area contributed by atoms with Crippen molar-refractivity contribution in [2.45, 2.75) is 13.5 Å². The van der Waals surface area contributed by atoms with Crippen molar-refractivity contribution in [3.63, 3.8) is 0 Å². The van der Waals surface area contributed by atoms with Crippen LogP contribution in [0.4, 0.5) is 5.00 Å². The summed E-state index contributed by atoms with van der Waals surface area (Å²) in [4.78, 5) is 4.33. The second kappa shape index (κ2) is 3.80. The van der Waals surface area contributed by atoms with E-state index >= 15 is 0 Å². The third-order valence-electron chi connectivity index (χ3n) is 1.47. The first-order chi connectivity index (χ1) is 6.34. The SMILES string of the molecule is Cc1nc(CNc2cnns2)cs1. The summed E-state index contributed by atoms with van der Waals surface area (Å²) in [5.74, 6) is 0. The van der Waals surface area contributed by atoms with Gasteiger partial charge < -0.3 is 5.32 Å². The van der Waals surface area contributed by atoms with Gasteiger partial charge in [-0.1, -0.05) is 4.49 Å². The van der Waals surface area contributed by atoms with Crippen molar-refractivity contribution in [3.8, 4) is 0 Å². The Balaban J connectivity index is 1.93. The van der Waals surface area contributed by atoms with Crippen molar-refractivity contribution in [2.75, 3.05) is 5.32 Å². The largest absolute Gasteiger partial charge is 0.369 e. The molecule has 2 aromatic heterocycles. The summed E-state index contributed by atoms with van der Waals surface area (Å²) in [6.45, 7) is 2.75.